The first-order valence-corrected chi connectivity index (χ1v) is 8.04. The molecule has 3 aromatic rings. The fourth-order valence-corrected chi connectivity index (χ4v) is 2.80. The molecule has 1 aromatic heterocycles. The predicted octanol–water partition coefficient (Wildman–Crippen LogP) is 1.91. The molecule has 1 fully saturated rings. The smallest absolute Gasteiger partial charge is 0.227 e. The maximum absolute atomic E-state index is 6.11. The van der Waals surface area contributed by atoms with E-state index < -0.39 is 0 Å². The van der Waals surface area contributed by atoms with Gasteiger partial charge in [-0.25, -0.2) is 9.97 Å². The molecule has 6 heteroatoms. The van der Waals surface area contributed by atoms with E-state index >= 15 is 0 Å². The van der Waals surface area contributed by atoms with Crippen LogP contribution in [0.2, 0.25) is 0 Å². The van der Waals surface area contributed by atoms with Crippen molar-refractivity contribution in [2.45, 2.75) is 12.5 Å². The first-order valence-electron chi connectivity index (χ1n) is 8.04. The Kier molecular flexibility index (Phi) is 4.05. The van der Waals surface area contributed by atoms with Crippen LogP contribution in [0.4, 0.5) is 11.6 Å². The third-order valence-corrected chi connectivity index (χ3v) is 4.05. The zero-order chi connectivity index (χ0) is 16.4. The summed E-state index contributed by atoms with van der Waals surface area (Å²) in [6.07, 6.45) is 2.92. The predicted molar refractivity (Wildman–Crippen MR) is 96.6 cm³/mol. The molecule has 0 saturated carbocycles. The van der Waals surface area contributed by atoms with Crippen LogP contribution in [0.5, 0.6) is 5.75 Å². The standard InChI is InChI=1S/C18H17BN4O/c19-15-8-12-10-21-18(22-13-4-2-1-3-5-13)23-16(12)9-17(15)24-14-6-7-20-11-14/h1-5,8-10,14,20H,6-7,11H2,(H,21,22,23)/t14-/m1/s1. The number of aromatic nitrogens is 2. The highest BCUT2D eigenvalue weighted by molar-refractivity contribution is 6.35. The second kappa shape index (κ2) is 6.49. The second-order valence-corrected chi connectivity index (χ2v) is 5.87. The van der Waals surface area contributed by atoms with Crippen molar-refractivity contribution in [3.8, 4) is 5.75 Å². The van der Waals surface area contributed by atoms with Crippen LogP contribution < -0.4 is 20.8 Å². The van der Waals surface area contributed by atoms with E-state index in [-0.39, 0.29) is 6.10 Å². The van der Waals surface area contributed by atoms with Gasteiger partial charge in [-0.15, -0.1) is 0 Å². The van der Waals surface area contributed by atoms with Crippen molar-refractivity contribution in [1.82, 2.24) is 15.3 Å². The van der Waals surface area contributed by atoms with E-state index in [9.17, 15) is 0 Å². The Labute approximate surface area is 141 Å². The number of hydrogen-bond acceptors (Lipinski definition) is 5. The molecule has 1 aliphatic rings. The molecule has 5 nitrogen and oxygen atoms in total. The highest BCUT2D eigenvalue weighted by atomic mass is 16.5. The third kappa shape index (κ3) is 3.19. The molecule has 0 aliphatic carbocycles. The van der Waals surface area contributed by atoms with E-state index in [0.717, 1.165) is 36.1 Å². The average molecular weight is 316 g/mol. The SMILES string of the molecule is [B]c1cc2cnc(Nc3ccccc3)nc2cc1O[C@@H]1CCNC1. The number of nitrogens with zero attached hydrogens (tertiary/aromatic N) is 2. The number of rotatable bonds is 4. The molecule has 118 valence electrons. The zero-order valence-electron chi connectivity index (χ0n) is 13.2. The summed E-state index contributed by atoms with van der Waals surface area (Å²) in [6.45, 7) is 1.83. The summed E-state index contributed by atoms with van der Waals surface area (Å²) < 4.78 is 6.00. The molecular formula is C18H17BN4O. The van der Waals surface area contributed by atoms with Gasteiger partial charge in [0.1, 0.15) is 19.7 Å². The number of hydrogen-bond donors (Lipinski definition) is 2. The van der Waals surface area contributed by atoms with Gasteiger partial charge in [-0.1, -0.05) is 29.7 Å². The summed E-state index contributed by atoms with van der Waals surface area (Å²) in [7, 11) is 6.11. The maximum Gasteiger partial charge on any atom is 0.227 e. The minimum atomic E-state index is 0.161. The van der Waals surface area contributed by atoms with Gasteiger partial charge in [0.25, 0.3) is 0 Å². The van der Waals surface area contributed by atoms with Crippen LogP contribution in [0.25, 0.3) is 10.9 Å². The Morgan fingerprint density at radius 2 is 2.08 bits per heavy atom. The van der Waals surface area contributed by atoms with Gasteiger partial charge in [0.05, 0.1) is 5.52 Å². The largest absolute Gasteiger partial charge is 0.490 e. The number of benzene rings is 2. The number of ether oxygens (including phenoxy) is 1. The van der Waals surface area contributed by atoms with E-state index in [1.165, 1.54) is 0 Å². The maximum atomic E-state index is 6.11. The molecule has 2 aromatic carbocycles. The molecule has 0 unspecified atom stereocenters. The van der Waals surface area contributed by atoms with Gasteiger partial charge in [0, 0.05) is 29.9 Å². The van der Waals surface area contributed by atoms with Gasteiger partial charge >= 0.3 is 0 Å². The minimum absolute atomic E-state index is 0.161. The van der Waals surface area contributed by atoms with Gasteiger partial charge in [-0.05, 0) is 25.1 Å². The molecule has 4 rings (SSSR count). The van der Waals surface area contributed by atoms with E-state index in [2.05, 4.69) is 20.6 Å². The fourth-order valence-electron chi connectivity index (χ4n) is 2.80. The summed E-state index contributed by atoms with van der Waals surface area (Å²) in [6, 6.07) is 13.6. The first-order chi connectivity index (χ1) is 11.8. The van der Waals surface area contributed by atoms with Crippen molar-refractivity contribution in [2.24, 2.45) is 0 Å². The summed E-state index contributed by atoms with van der Waals surface area (Å²) in [4.78, 5) is 8.92. The lowest BCUT2D eigenvalue weighted by Crippen LogP contribution is -2.22. The molecule has 1 atom stereocenters. The van der Waals surface area contributed by atoms with Gasteiger partial charge in [0.15, 0.2) is 0 Å². The lowest BCUT2D eigenvalue weighted by atomic mass is 9.93. The average Bonchev–Trinajstić information content (AvgIpc) is 3.10. The minimum Gasteiger partial charge on any atom is -0.490 e. The summed E-state index contributed by atoms with van der Waals surface area (Å²) >= 11 is 0. The Balaban J connectivity index is 1.63. The highest BCUT2D eigenvalue weighted by Gasteiger charge is 2.17. The highest BCUT2D eigenvalue weighted by Crippen LogP contribution is 2.21. The lowest BCUT2D eigenvalue weighted by Gasteiger charge is -2.15. The van der Waals surface area contributed by atoms with Crippen LogP contribution in [0.1, 0.15) is 6.42 Å². The van der Waals surface area contributed by atoms with Crippen LogP contribution in [0, 0.1) is 0 Å². The third-order valence-electron chi connectivity index (χ3n) is 4.05. The summed E-state index contributed by atoms with van der Waals surface area (Å²) in [5.74, 6) is 1.23. The fraction of sp³-hybridized carbons (Fsp3) is 0.222. The van der Waals surface area contributed by atoms with Crippen LogP contribution in [0.3, 0.4) is 0 Å². The Morgan fingerprint density at radius 3 is 2.88 bits per heavy atom. The quantitative estimate of drug-likeness (QED) is 0.720. The second-order valence-electron chi connectivity index (χ2n) is 5.87. The number of fused-ring (bicyclic) bond motifs is 1. The molecule has 2 radical (unpaired) electrons. The Hall–Kier alpha value is -2.60. The monoisotopic (exact) mass is 316 g/mol. The van der Waals surface area contributed by atoms with Gasteiger partial charge in [0.2, 0.25) is 5.95 Å². The number of nitrogens with one attached hydrogen (secondary N) is 2. The van der Waals surface area contributed by atoms with Crippen molar-refractivity contribution in [3.05, 3.63) is 48.7 Å². The van der Waals surface area contributed by atoms with E-state index in [1.807, 2.05) is 42.5 Å². The zero-order valence-corrected chi connectivity index (χ0v) is 13.2. The normalized spacial score (nSPS) is 17.1. The van der Waals surface area contributed by atoms with Gasteiger partial charge < -0.3 is 15.4 Å². The van der Waals surface area contributed by atoms with E-state index in [1.54, 1.807) is 6.20 Å². The van der Waals surface area contributed by atoms with Crippen LogP contribution in [-0.4, -0.2) is 37.0 Å². The first kappa shape index (κ1) is 15.0. The van der Waals surface area contributed by atoms with Crippen molar-refractivity contribution >= 4 is 35.8 Å². The lowest BCUT2D eigenvalue weighted by molar-refractivity contribution is 0.225. The van der Waals surface area contributed by atoms with Crippen LogP contribution >= 0.6 is 0 Å². The van der Waals surface area contributed by atoms with Crippen molar-refractivity contribution in [3.63, 3.8) is 0 Å². The van der Waals surface area contributed by atoms with Crippen LogP contribution in [0.15, 0.2) is 48.7 Å². The molecule has 0 spiro atoms. The molecule has 24 heavy (non-hydrogen) atoms. The molecule has 1 aliphatic heterocycles. The topological polar surface area (TPSA) is 59.1 Å². The molecule has 0 amide bonds. The van der Waals surface area contributed by atoms with E-state index in [0.29, 0.717) is 17.2 Å². The molecular weight excluding hydrogens is 299 g/mol. The number of para-hydroxylation sites is 1. The van der Waals surface area contributed by atoms with Crippen molar-refractivity contribution in [1.29, 1.82) is 0 Å². The molecule has 0 bridgehead atoms. The molecule has 2 heterocycles. The van der Waals surface area contributed by atoms with Crippen molar-refractivity contribution < 1.29 is 4.74 Å². The van der Waals surface area contributed by atoms with Crippen molar-refractivity contribution in [2.75, 3.05) is 18.4 Å². The van der Waals surface area contributed by atoms with Crippen LogP contribution in [-0.2, 0) is 0 Å². The summed E-state index contributed by atoms with van der Waals surface area (Å²) in [5, 5.41) is 7.37. The Morgan fingerprint density at radius 1 is 1.21 bits per heavy atom. The molecule has 2 N–H and O–H groups in total. The number of anilines is 2. The Bertz CT molecular complexity index is 850. The van der Waals surface area contributed by atoms with E-state index in [4.69, 9.17) is 12.6 Å². The molecule has 1 saturated heterocycles. The van der Waals surface area contributed by atoms with Gasteiger partial charge in [-0.2, -0.15) is 0 Å². The summed E-state index contributed by atoms with van der Waals surface area (Å²) in [5.41, 5.74) is 2.36. The van der Waals surface area contributed by atoms with Gasteiger partial charge in [-0.3, -0.25) is 0 Å².